The fourth-order valence-electron chi connectivity index (χ4n) is 1.34. The van der Waals surface area contributed by atoms with E-state index in [1.807, 2.05) is 13.8 Å². The molecule has 0 spiro atoms. The highest BCUT2D eigenvalue weighted by molar-refractivity contribution is 9.10. The van der Waals surface area contributed by atoms with Crippen molar-refractivity contribution in [3.8, 4) is 0 Å². The molecule has 0 aliphatic rings. The third-order valence-electron chi connectivity index (χ3n) is 2.08. The van der Waals surface area contributed by atoms with Crippen molar-refractivity contribution in [2.45, 2.75) is 29.5 Å². The quantitative estimate of drug-likeness (QED) is 0.851. The van der Waals surface area contributed by atoms with Gasteiger partial charge in [-0.05, 0) is 47.4 Å². The molecule has 0 aromatic carbocycles. The summed E-state index contributed by atoms with van der Waals surface area (Å²) in [5.74, 6) is 0.827. The first-order valence-electron chi connectivity index (χ1n) is 5.02. The van der Waals surface area contributed by atoms with E-state index in [-0.39, 0.29) is 11.3 Å². The number of aromatic nitrogens is 2. The van der Waals surface area contributed by atoms with Crippen molar-refractivity contribution >= 4 is 50.6 Å². The number of hydrogen-bond acceptors (Lipinski definition) is 6. The van der Waals surface area contributed by atoms with E-state index in [9.17, 15) is 0 Å². The Balaban J connectivity index is 2.18. The lowest BCUT2D eigenvalue weighted by Gasteiger charge is -2.17. The second-order valence-electron chi connectivity index (χ2n) is 3.67. The maximum Gasteiger partial charge on any atom is 0.170 e. The van der Waals surface area contributed by atoms with Crippen molar-refractivity contribution < 1.29 is 0 Å². The van der Waals surface area contributed by atoms with Gasteiger partial charge in [-0.3, -0.25) is 0 Å². The van der Waals surface area contributed by atoms with Gasteiger partial charge < -0.3 is 5.73 Å². The molecule has 2 aromatic heterocycles. The monoisotopic (exact) mass is 349 g/mol. The number of hydrogen-bond donors (Lipinski definition) is 1. The number of thioether (sulfide) groups is 1. The maximum atomic E-state index is 6.06. The first kappa shape index (κ1) is 13.5. The fourth-order valence-corrected chi connectivity index (χ4v) is 5.01. The van der Waals surface area contributed by atoms with Crippen LogP contribution in [0.2, 0.25) is 0 Å². The third kappa shape index (κ3) is 3.51. The van der Waals surface area contributed by atoms with Crippen molar-refractivity contribution in [3.63, 3.8) is 0 Å². The van der Waals surface area contributed by atoms with E-state index in [0.717, 1.165) is 14.6 Å². The van der Waals surface area contributed by atoms with Crippen LogP contribution >= 0.6 is 50.6 Å². The van der Waals surface area contributed by atoms with E-state index >= 15 is 0 Å². The average molecular weight is 350 g/mol. The van der Waals surface area contributed by atoms with Crippen LogP contribution < -0.4 is 5.73 Å². The predicted octanol–water partition coefficient (Wildman–Crippen LogP) is 3.85. The molecule has 2 N–H and O–H groups in total. The smallest absolute Gasteiger partial charge is 0.170 e. The Morgan fingerprint density at radius 1 is 1.53 bits per heavy atom. The largest absolute Gasteiger partial charge is 0.327 e. The predicted molar refractivity (Wildman–Crippen MR) is 78.9 cm³/mol. The van der Waals surface area contributed by atoms with Crippen LogP contribution in [0.3, 0.4) is 0 Å². The molecule has 0 aliphatic heterocycles. The van der Waals surface area contributed by atoms with E-state index in [2.05, 4.69) is 36.7 Å². The van der Waals surface area contributed by atoms with Gasteiger partial charge in [-0.2, -0.15) is 4.37 Å². The van der Waals surface area contributed by atoms with E-state index in [1.165, 1.54) is 16.4 Å². The molecule has 2 atom stereocenters. The summed E-state index contributed by atoms with van der Waals surface area (Å²) < 4.78 is 6.28. The Kier molecular flexibility index (Phi) is 4.59. The number of thiophene rings is 1. The number of aryl methyl sites for hydroxylation is 1. The molecular formula is C10H12BrN3S3. The summed E-state index contributed by atoms with van der Waals surface area (Å²) in [6, 6.07) is 2.20. The Labute approximate surface area is 121 Å². The van der Waals surface area contributed by atoms with Gasteiger partial charge in [-0.25, -0.2) is 4.98 Å². The highest BCUT2D eigenvalue weighted by Gasteiger charge is 2.21. The molecule has 2 rings (SSSR count). The summed E-state index contributed by atoms with van der Waals surface area (Å²) in [5.41, 5.74) is 6.06. The Morgan fingerprint density at radius 3 is 2.76 bits per heavy atom. The van der Waals surface area contributed by atoms with Gasteiger partial charge in [0.15, 0.2) is 4.34 Å². The lowest BCUT2D eigenvalue weighted by atomic mass is 10.2. The van der Waals surface area contributed by atoms with Gasteiger partial charge in [0, 0.05) is 20.8 Å². The summed E-state index contributed by atoms with van der Waals surface area (Å²) in [4.78, 5) is 5.64. The molecule has 92 valence electrons. The van der Waals surface area contributed by atoms with E-state index in [0.29, 0.717) is 0 Å². The molecule has 0 bridgehead atoms. The average Bonchev–Trinajstić information content (AvgIpc) is 2.83. The highest BCUT2D eigenvalue weighted by Crippen LogP contribution is 2.41. The van der Waals surface area contributed by atoms with E-state index in [4.69, 9.17) is 5.73 Å². The van der Waals surface area contributed by atoms with Gasteiger partial charge in [0.25, 0.3) is 0 Å². The summed E-state index contributed by atoms with van der Waals surface area (Å²) in [7, 11) is 0. The zero-order valence-corrected chi connectivity index (χ0v) is 13.4. The first-order valence-corrected chi connectivity index (χ1v) is 8.35. The molecule has 2 aromatic rings. The van der Waals surface area contributed by atoms with Gasteiger partial charge in [-0.15, -0.1) is 11.3 Å². The lowest BCUT2D eigenvalue weighted by Crippen LogP contribution is -2.21. The van der Waals surface area contributed by atoms with Crippen LogP contribution in [0.15, 0.2) is 20.3 Å². The molecule has 7 heteroatoms. The van der Waals surface area contributed by atoms with Crippen LogP contribution in [0.25, 0.3) is 0 Å². The lowest BCUT2D eigenvalue weighted by molar-refractivity contribution is 0.729. The van der Waals surface area contributed by atoms with Gasteiger partial charge in [0.05, 0.1) is 5.25 Å². The Hall–Kier alpha value is 0.0500. The molecule has 0 amide bonds. The van der Waals surface area contributed by atoms with Crippen molar-refractivity contribution in [2.24, 2.45) is 5.73 Å². The van der Waals surface area contributed by atoms with Gasteiger partial charge >= 0.3 is 0 Å². The summed E-state index contributed by atoms with van der Waals surface area (Å²) in [6.07, 6.45) is 0. The van der Waals surface area contributed by atoms with Crippen molar-refractivity contribution in [2.75, 3.05) is 0 Å². The maximum absolute atomic E-state index is 6.06. The zero-order valence-electron chi connectivity index (χ0n) is 9.38. The molecule has 0 saturated carbocycles. The minimum absolute atomic E-state index is 0.0785. The number of halogens is 1. The normalized spacial score (nSPS) is 14.8. The second-order valence-corrected chi connectivity index (χ2v) is 7.67. The number of rotatable bonds is 4. The molecule has 0 saturated heterocycles. The molecule has 0 radical (unpaired) electrons. The van der Waals surface area contributed by atoms with Crippen LogP contribution in [-0.4, -0.2) is 15.4 Å². The van der Waals surface area contributed by atoms with Crippen LogP contribution in [0.1, 0.15) is 22.9 Å². The Morgan fingerprint density at radius 2 is 2.29 bits per heavy atom. The standard InChI is InChI=1S/C10H12BrN3S3/c1-5(12)9(8-3-7(11)4-15-8)16-10-13-6(2)14-17-10/h3-5,9H,12H2,1-2H3. The highest BCUT2D eigenvalue weighted by atomic mass is 79.9. The molecular weight excluding hydrogens is 338 g/mol. The summed E-state index contributed by atoms with van der Waals surface area (Å²) in [6.45, 7) is 3.93. The molecule has 2 unspecified atom stereocenters. The van der Waals surface area contributed by atoms with Gasteiger partial charge in [-0.1, -0.05) is 11.8 Å². The molecule has 0 fully saturated rings. The van der Waals surface area contributed by atoms with Crippen LogP contribution in [0.5, 0.6) is 0 Å². The fraction of sp³-hybridized carbons (Fsp3) is 0.400. The second kappa shape index (κ2) is 5.79. The van der Waals surface area contributed by atoms with Crippen molar-refractivity contribution in [3.05, 3.63) is 26.6 Å². The zero-order chi connectivity index (χ0) is 12.4. The van der Waals surface area contributed by atoms with Gasteiger partial charge in [0.2, 0.25) is 0 Å². The number of nitrogens with zero attached hydrogens (tertiary/aromatic N) is 2. The third-order valence-corrected chi connectivity index (χ3v) is 6.35. The number of nitrogens with two attached hydrogens (primary N) is 1. The molecule has 17 heavy (non-hydrogen) atoms. The SMILES string of the molecule is Cc1nsc(SC(c2cc(Br)cs2)C(C)N)n1. The van der Waals surface area contributed by atoms with Crippen molar-refractivity contribution in [1.29, 1.82) is 0 Å². The molecule has 0 aliphatic carbocycles. The van der Waals surface area contributed by atoms with Crippen molar-refractivity contribution in [1.82, 2.24) is 9.36 Å². The van der Waals surface area contributed by atoms with Crippen LogP contribution in [-0.2, 0) is 0 Å². The molecule has 2 heterocycles. The van der Waals surface area contributed by atoms with E-state index < -0.39 is 0 Å². The van der Waals surface area contributed by atoms with E-state index in [1.54, 1.807) is 23.1 Å². The minimum Gasteiger partial charge on any atom is -0.327 e. The Bertz CT molecular complexity index is 494. The first-order chi connectivity index (χ1) is 8.06. The van der Waals surface area contributed by atoms with Crippen LogP contribution in [0, 0.1) is 6.92 Å². The molecule has 3 nitrogen and oxygen atoms in total. The summed E-state index contributed by atoms with van der Waals surface area (Å²) >= 11 is 8.32. The van der Waals surface area contributed by atoms with Crippen LogP contribution in [0.4, 0.5) is 0 Å². The topological polar surface area (TPSA) is 51.8 Å². The summed E-state index contributed by atoms with van der Waals surface area (Å²) in [5, 5.41) is 2.31. The van der Waals surface area contributed by atoms with Gasteiger partial charge in [0.1, 0.15) is 5.82 Å². The minimum atomic E-state index is 0.0785.